The number of hydrogen-bond donors (Lipinski definition) is 1. The molecule has 0 aliphatic carbocycles. The van der Waals surface area contributed by atoms with Gasteiger partial charge in [0.25, 0.3) is 0 Å². The van der Waals surface area contributed by atoms with E-state index in [0.717, 1.165) is 5.75 Å². The predicted octanol–water partition coefficient (Wildman–Crippen LogP) is 3.03. The zero-order valence-corrected chi connectivity index (χ0v) is 16.0. The number of ketones is 1. The zero-order chi connectivity index (χ0) is 18.6. The number of halogens is 4. The molecule has 1 amide bonds. The van der Waals surface area contributed by atoms with Crippen molar-refractivity contribution in [1.82, 2.24) is 4.90 Å². The van der Waals surface area contributed by atoms with E-state index >= 15 is 0 Å². The first-order valence-corrected chi connectivity index (χ1v) is 9.46. The molecule has 1 fully saturated rings. The van der Waals surface area contributed by atoms with Crippen molar-refractivity contribution in [3.05, 3.63) is 35.1 Å². The number of amides is 1. The Bertz CT molecular complexity index is 632. The number of carbonyl (C=O) groups excluding carboxylic acids is 2. The van der Waals surface area contributed by atoms with Crippen LogP contribution >= 0.6 is 24.2 Å². The average Bonchev–Trinajstić information content (AvgIpc) is 2.58. The van der Waals surface area contributed by atoms with E-state index in [9.17, 15) is 22.8 Å². The number of nitrogens with two attached hydrogens (primary N) is 1. The normalized spacial score (nSPS) is 16.1. The monoisotopic (exact) mass is 410 g/mol. The molecule has 2 N–H and O–H groups in total. The number of rotatable bonds is 6. The highest BCUT2D eigenvalue weighted by Crippen LogP contribution is 2.25. The lowest BCUT2D eigenvalue weighted by Crippen LogP contribution is -2.48. The van der Waals surface area contributed by atoms with Crippen LogP contribution in [0.1, 0.15) is 29.6 Å². The molecule has 0 aromatic heterocycles. The molecule has 2 rings (SSSR count). The van der Waals surface area contributed by atoms with E-state index in [1.807, 2.05) is 6.26 Å². The molecule has 1 heterocycles. The molecular weight excluding hydrogens is 389 g/mol. The molecule has 0 radical (unpaired) electrons. The molecule has 9 heteroatoms. The molecule has 1 aliphatic rings. The molecule has 146 valence electrons. The largest absolute Gasteiger partial charge is 0.341 e. The second-order valence-electron chi connectivity index (χ2n) is 6.10. The summed E-state index contributed by atoms with van der Waals surface area (Å²) in [5, 5.41) is 0. The van der Waals surface area contributed by atoms with Crippen LogP contribution in [0.3, 0.4) is 0 Å². The molecule has 0 bridgehead atoms. The van der Waals surface area contributed by atoms with Crippen molar-refractivity contribution in [3.63, 3.8) is 0 Å². The van der Waals surface area contributed by atoms with Gasteiger partial charge in [0, 0.05) is 31.1 Å². The van der Waals surface area contributed by atoms with Gasteiger partial charge in [-0.05, 0) is 31.3 Å². The fourth-order valence-electron chi connectivity index (χ4n) is 2.95. The van der Waals surface area contributed by atoms with E-state index in [2.05, 4.69) is 0 Å². The zero-order valence-electron chi connectivity index (χ0n) is 14.3. The Morgan fingerprint density at radius 1 is 1.23 bits per heavy atom. The second kappa shape index (κ2) is 10.2. The van der Waals surface area contributed by atoms with Crippen LogP contribution in [0.4, 0.5) is 13.2 Å². The third-order valence-electron chi connectivity index (χ3n) is 4.38. The molecular formula is C17H22ClF3N2O2S. The molecule has 4 nitrogen and oxygen atoms in total. The third kappa shape index (κ3) is 5.37. The van der Waals surface area contributed by atoms with Crippen molar-refractivity contribution >= 4 is 35.9 Å². The summed E-state index contributed by atoms with van der Waals surface area (Å²) in [4.78, 5) is 26.2. The molecule has 1 aromatic carbocycles. The molecule has 1 aromatic rings. The van der Waals surface area contributed by atoms with Crippen LogP contribution < -0.4 is 5.73 Å². The summed E-state index contributed by atoms with van der Waals surface area (Å²) in [5.41, 5.74) is 5.16. The first-order chi connectivity index (χ1) is 11.8. The smallest absolute Gasteiger partial charge is 0.239 e. The summed E-state index contributed by atoms with van der Waals surface area (Å²) >= 11 is 1.61. The van der Waals surface area contributed by atoms with Gasteiger partial charge < -0.3 is 10.6 Å². The number of benzene rings is 1. The third-order valence-corrected chi connectivity index (χ3v) is 5.02. The van der Waals surface area contributed by atoms with E-state index in [4.69, 9.17) is 5.73 Å². The summed E-state index contributed by atoms with van der Waals surface area (Å²) in [5.74, 6) is -4.12. The maximum Gasteiger partial charge on any atom is 0.239 e. The highest BCUT2D eigenvalue weighted by Gasteiger charge is 2.32. The van der Waals surface area contributed by atoms with Gasteiger partial charge >= 0.3 is 0 Å². The SMILES string of the molecule is CSCC[C@H](N)C(=O)N1CCC(C(=O)c2c(F)cc(F)cc2F)CC1.Cl. The number of likely N-dealkylation sites (tertiary alicyclic amines) is 1. The van der Waals surface area contributed by atoms with Gasteiger partial charge in [0.2, 0.25) is 5.91 Å². The Labute approximate surface area is 161 Å². The maximum absolute atomic E-state index is 13.8. The maximum atomic E-state index is 13.8. The Morgan fingerprint density at radius 2 is 1.77 bits per heavy atom. The Morgan fingerprint density at radius 3 is 2.27 bits per heavy atom. The van der Waals surface area contributed by atoms with Crippen molar-refractivity contribution < 1.29 is 22.8 Å². The minimum atomic E-state index is -1.19. The fraction of sp³-hybridized carbons (Fsp3) is 0.529. The number of Topliss-reactive ketones (excluding diaryl/α,β-unsaturated/α-hetero) is 1. The number of nitrogens with zero attached hydrogens (tertiary/aromatic N) is 1. The van der Waals surface area contributed by atoms with E-state index in [-0.39, 0.29) is 18.3 Å². The summed E-state index contributed by atoms with van der Waals surface area (Å²) in [6.45, 7) is 0.624. The van der Waals surface area contributed by atoms with Gasteiger partial charge in [-0.25, -0.2) is 13.2 Å². The molecule has 0 saturated carbocycles. The fourth-order valence-corrected chi connectivity index (χ4v) is 3.44. The molecule has 1 aliphatic heterocycles. The quantitative estimate of drug-likeness (QED) is 0.732. The molecule has 1 saturated heterocycles. The number of carbonyl (C=O) groups is 2. The highest BCUT2D eigenvalue weighted by atomic mass is 35.5. The lowest BCUT2D eigenvalue weighted by molar-refractivity contribution is -0.133. The van der Waals surface area contributed by atoms with Crippen LogP contribution in [0.25, 0.3) is 0 Å². The summed E-state index contributed by atoms with van der Waals surface area (Å²) in [7, 11) is 0. The van der Waals surface area contributed by atoms with Crippen LogP contribution in [0.2, 0.25) is 0 Å². The number of piperidine rings is 1. The van der Waals surface area contributed by atoms with Gasteiger partial charge in [-0.3, -0.25) is 9.59 Å². The predicted molar refractivity (Wildman–Crippen MR) is 98.2 cm³/mol. The van der Waals surface area contributed by atoms with Gasteiger partial charge in [0.15, 0.2) is 5.78 Å². The van der Waals surface area contributed by atoms with Crippen molar-refractivity contribution in [1.29, 1.82) is 0 Å². The standard InChI is InChI=1S/C17H21F3N2O2S.ClH/c1-25-7-4-14(21)17(24)22-5-2-10(3-6-22)16(23)15-12(19)8-11(18)9-13(15)20;/h8-10,14H,2-7,21H2,1H3;1H/t14-;/m0./s1. The Hall–Kier alpha value is -1.25. The lowest BCUT2D eigenvalue weighted by Gasteiger charge is -2.33. The van der Waals surface area contributed by atoms with Crippen molar-refractivity contribution in [2.24, 2.45) is 11.7 Å². The van der Waals surface area contributed by atoms with Gasteiger partial charge in [0.1, 0.15) is 17.5 Å². The molecule has 26 heavy (non-hydrogen) atoms. The van der Waals surface area contributed by atoms with Crippen LogP contribution in [0.15, 0.2) is 12.1 Å². The topological polar surface area (TPSA) is 63.4 Å². The lowest BCUT2D eigenvalue weighted by atomic mass is 9.88. The van der Waals surface area contributed by atoms with E-state index in [1.54, 1.807) is 16.7 Å². The van der Waals surface area contributed by atoms with Gasteiger partial charge in [-0.1, -0.05) is 0 Å². The van der Waals surface area contributed by atoms with E-state index < -0.39 is 40.8 Å². The minimum Gasteiger partial charge on any atom is -0.341 e. The average molecular weight is 411 g/mol. The molecule has 0 spiro atoms. The van der Waals surface area contributed by atoms with E-state index in [0.29, 0.717) is 44.5 Å². The Kier molecular flexibility index (Phi) is 8.92. The summed E-state index contributed by atoms with van der Waals surface area (Å²) in [6.07, 6.45) is 3.11. The molecule has 1 atom stereocenters. The van der Waals surface area contributed by atoms with Crippen LogP contribution in [0.5, 0.6) is 0 Å². The molecule has 0 unspecified atom stereocenters. The highest BCUT2D eigenvalue weighted by molar-refractivity contribution is 7.98. The number of hydrogen-bond acceptors (Lipinski definition) is 4. The number of thioether (sulfide) groups is 1. The summed E-state index contributed by atoms with van der Waals surface area (Å²) < 4.78 is 40.5. The van der Waals surface area contributed by atoms with Crippen LogP contribution in [-0.4, -0.2) is 47.7 Å². The van der Waals surface area contributed by atoms with Crippen LogP contribution in [-0.2, 0) is 4.79 Å². The van der Waals surface area contributed by atoms with Crippen molar-refractivity contribution in [2.45, 2.75) is 25.3 Å². The van der Waals surface area contributed by atoms with Crippen molar-refractivity contribution in [3.8, 4) is 0 Å². The second-order valence-corrected chi connectivity index (χ2v) is 7.08. The first kappa shape index (κ1) is 22.8. The van der Waals surface area contributed by atoms with Crippen LogP contribution in [0, 0.1) is 23.4 Å². The Balaban J connectivity index is 0.00000338. The van der Waals surface area contributed by atoms with Crippen molar-refractivity contribution in [2.75, 3.05) is 25.1 Å². The van der Waals surface area contributed by atoms with Gasteiger partial charge in [0.05, 0.1) is 11.6 Å². The van der Waals surface area contributed by atoms with Gasteiger partial charge in [-0.15, -0.1) is 12.4 Å². The first-order valence-electron chi connectivity index (χ1n) is 8.07. The van der Waals surface area contributed by atoms with E-state index in [1.165, 1.54) is 0 Å². The minimum absolute atomic E-state index is 0. The summed E-state index contributed by atoms with van der Waals surface area (Å²) in [6, 6.07) is 0.422. The van der Waals surface area contributed by atoms with Gasteiger partial charge in [-0.2, -0.15) is 11.8 Å².